The molecule has 0 radical (unpaired) electrons. The smallest absolute Gasteiger partial charge is 0.165 e. The van der Waals surface area contributed by atoms with E-state index < -0.39 is 0 Å². The number of para-hydroxylation sites is 3. The van der Waals surface area contributed by atoms with Gasteiger partial charge in [-0.1, -0.05) is 54.6 Å². The van der Waals surface area contributed by atoms with Gasteiger partial charge >= 0.3 is 0 Å². The van der Waals surface area contributed by atoms with Crippen molar-refractivity contribution in [1.29, 1.82) is 0 Å². The van der Waals surface area contributed by atoms with E-state index in [1.54, 1.807) is 0 Å². The minimum atomic E-state index is -0.229. The summed E-state index contributed by atoms with van der Waals surface area (Å²) in [5.74, 6) is 0. The third kappa shape index (κ3) is 2.59. The van der Waals surface area contributed by atoms with Gasteiger partial charge in [-0.15, -0.1) is 0 Å². The molecule has 0 N–H and O–H groups in total. The fraction of sp³-hybridized carbons (Fsp3) is 0.0645. The number of hydrogen-bond donors (Lipinski definition) is 0. The van der Waals surface area contributed by atoms with E-state index in [4.69, 9.17) is 24.9 Å². The maximum Gasteiger partial charge on any atom is 0.165 e. The molecule has 7 aromatic rings. The molecule has 7 heteroatoms. The molecule has 7 nitrogen and oxygen atoms in total. The van der Waals surface area contributed by atoms with Crippen molar-refractivity contribution in [1.82, 2.24) is 24.1 Å². The molecule has 2 unspecified atom stereocenters. The number of pyridine rings is 1. The molecule has 4 aromatic heterocycles. The molecule has 2 aliphatic rings. The quantitative estimate of drug-likeness (QED) is 0.374. The van der Waals surface area contributed by atoms with Crippen molar-refractivity contribution in [3.8, 4) is 0 Å². The Labute approximate surface area is 215 Å². The van der Waals surface area contributed by atoms with E-state index in [-0.39, 0.29) is 12.3 Å². The highest BCUT2D eigenvalue weighted by Gasteiger charge is 2.25. The van der Waals surface area contributed by atoms with Crippen LogP contribution in [0.5, 0.6) is 0 Å². The number of aromatic nitrogens is 5. The molecule has 38 heavy (non-hydrogen) atoms. The first kappa shape index (κ1) is 20.0. The monoisotopic (exact) mass is 489 g/mol. The Morgan fingerprint density at radius 2 is 1.13 bits per heavy atom. The summed E-state index contributed by atoms with van der Waals surface area (Å²) < 4.78 is 4.37. The summed E-state index contributed by atoms with van der Waals surface area (Å²) in [4.78, 5) is 25.4. The molecule has 2 aliphatic heterocycles. The summed E-state index contributed by atoms with van der Waals surface area (Å²) in [6, 6.07) is 28.8. The van der Waals surface area contributed by atoms with Crippen LogP contribution in [0.4, 0.5) is 0 Å². The molecular weight excluding hydrogens is 470 g/mol. The highest BCUT2D eigenvalue weighted by molar-refractivity contribution is 6.10. The molecule has 0 saturated carbocycles. The molecule has 0 saturated heterocycles. The molecule has 6 heterocycles. The molecule has 0 amide bonds. The van der Waals surface area contributed by atoms with Crippen molar-refractivity contribution >= 4 is 56.4 Å². The predicted octanol–water partition coefficient (Wildman–Crippen LogP) is 3.31. The van der Waals surface area contributed by atoms with Crippen LogP contribution in [0, 0.1) is 0 Å². The predicted molar refractivity (Wildman–Crippen MR) is 147 cm³/mol. The molecule has 0 bridgehead atoms. The topological polar surface area (TPSA) is 73.2 Å². The van der Waals surface area contributed by atoms with Gasteiger partial charge in [0.1, 0.15) is 28.9 Å². The van der Waals surface area contributed by atoms with Gasteiger partial charge in [0.25, 0.3) is 0 Å². The Hall–Kier alpha value is -5.17. The maximum atomic E-state index is 5.33. The van der Waals surface area contributed by atoms with Gasteiger partial charge in [0.05, 0.1) is 21.7 Å². The first-order chi connectivity index (χ1) is 18.8. The van der Waals surface area contributed by atoms with E-state index in [1.165, 1.54) is 0 Å². The third-order valence-electron chi connectivity index (χ3n) is 7.61. The van der Waals surface area contributed by atoms with Crippen molar-refractivity contribution in [3.63, 3.8) is 0 Å². The lowest BCUT2D eigenvalue weighted by atomic mass is 10.2. The minimum absolute atomic E-state index is 0.204. The van der Waals surface area contributed by atoms with Crippen LogP contribution in [0.2, 0.25) is 0 Å². The Balaban J connectivity index is 1.41. The standard InChI is InChI=1S/C31H19N7/c1-4-11-21-18(8-1)16-25(33-21)37-23-13-6-3-10-20(23)27-30(37)36-31-29(35-27)28-24(14-7-15-32-28)38(31)26-17-19-9-2-5-12-22(19)34-26/h1-17,25-26H. The molecule has 0 aliphatic carbocycles. The van der Waals surface area contributed by atoms with E-state index in [9.17, 15) is 0 Å². The Bertz CT molecular complexity index is 2140. The molecule has 178 valence electrons. The molecule has 9 rings (SSSR count). The van der Waals surface area contributed by atoms with Crippen LogP contribution in [0.1, 0.15) is 12.3 Å². The number of rotatable bonds is 2. The van der Waals surface area contributed by atoms with Gasteiger partial charge in [-0.2, -0.15) is 0 Å². The fourth-order valence-corrected chi connectivity index (χ4v) is 5.95. The van der Waals surface area contributed by atoms with Crippen molar-refractivity contribution < 1.29 is 0 Å². The van der Waals surface area contributed by atoms with Crippen LogP contribution in [-0.4, -0.2) is 24.1 Å². The average molecular weight is 490 g/mol. The summed E-state index contributed by atoms with van der Waals surface area (Å²) in [5, 5.41) is 5.28. The largest absolute Gasteiger partial charge is 0.297 e. The zero-order chi connectivity index (χ0) is 24.8. The SMILES string of the molecule is C1=c2ccccc2=NC1n1c2ccccc2c2nc3c4ncccc4n(C4C=c5ccccc5=N4)c3nc21. The van der Waals surface area contributed by atoms with Crippen molar-refractivity contribution in [3.05, 3.63) is 112 Å². The first-order valence-electron chi connectivity index (χ1n) is 12.7. The van der Waals surface area contributed by atoms with E-state index >= 15 is 0 Å². The lowest BCUT2D eigenvalue weighted by molar-refractivity contribution is 0.690. The molecular formula is C31H19N7. The van der Waals surface area contributed by atoms with E-state index in [0.29, 0.717) is 0 Å². The van der Waals surface area contributed by atoms with Crippen molar-refractivity contribution in [2.24, 2.45) is 9.98 Å². The van der Waals surface area contributed by atoms with Crippen LogP contribution in [0.15, 0.2) is 101 Å². The zero-order valence-electron chi connectivity index (χ0n) is 20.1. The van der Waals surface area contributed by atoms with E-state index in [2.05, 4.69) is 69.8 Å². The molecule has 2 atom stereocenters. The summed E-state index contributed by atoms with van der Waals surface area (Å²) in [7, 11) is 0. The number of hydrogen-bond acceptors (Lipinski definition) is 5. The normalized spacial score (nSPS) is 17.8. The average Bonchev–Trinajstić information content (AvgIpc) is 3.71. The van der Waals surface area contributed by atoms with Crippen LogP contribution in [-0.2, 0) is 0 Å². The number of benzene rings is 3. The Morgan fingerprint density at radius 1 is 0.526 bits per heavy atom. The second kappa shape index (κ2) is 7.20. The molecule has 3 aromatic carbocycles. The van der Waals surface area contributed by atoms with Gasteiger partial charge in [0, 0.05) is 11.6 Å². The van der Waals surface area contributed by atoms with Gasteiger partial charge in [0.15, 0.2) is 11.3 Å². The van der Waals surface area contributed by atoms with E-state index in [1.807, 2.05) is 42.6 Å². The number of fused-ring (bicyclic) bond motifs is 8. The highest BCUT2D eigenvalue weighted by Crippen LogP contribution is 2.36. The summed E-state index contributed by atoms with van der Waals surface area (Å²) >= 11 is 0. The lowest BCUT2D eigenvalue weighted by Crippen LogP contribution is -2.19. The van der Waals surface area contributed by atoms with Crippen LogP contribution < -0.4 is 21.2 Å². The highest BCUT2D eigenvalue weighted by atomic mass is 15.2. The fourth-order valence-electron chi connectivity index (χ4n) is 5.95. The second-order valence-corrected chi connectivity index (χ2v) is 9.73. The second-order valence-electron chi connectivity index (χ2n) is 9.73. The maximum absolute atomic E-state index is 5.33. The molecule has 0 fully saturated rings. The van der Waals surface area contributed by atoms with Gasteiger partial charge in [0.2, 0.25) is 0 Å². The van der Waals surface area contributed by atoms with Gasteiger partial charge in [-0.25, -0.2) is 9.97 Å². The van der Waals surface area contributed by atoms with Crippen molar-refractivity contribution in [2.45, 2.75) is 12.3 Å². The van der Waals surface area contributed by atoms with Crippen molar-refractivity contribution in [2.75, 3.05) is 0 Å². The number of nitrogens with zero attached hydrogens (tertiary/aromatic N) is 7. The third-order valence-corrected chi connectivity index (χ3v) is 7.61. The van der Waals surface area contributed by atoms with Gasteiger partial charge in [-0.3, -0.25) is 24.1 Å². The van der Waals surface area contributed by atoms with Crippen LogP contribution in [0.25, 0.3) is 56.4 Å². The summed E-state index contributed by atoms with van der Waals surface area (Å²) in [6.07, 6.45) is 5.76. The van der Waals surface area contributed by atoms with Gasteiger partial charge in [-0.05, 0) is 52.9 Å². The zero-order valence-corrected chi connectivity index (χ0v) is 20.1. The summed E-state index contributed by atoms with van der Waals surface area (Å²) in [5.41, 5.74) is 6.06. The molecule has 0 spiro atoms. The minimum Gasteiger partial charge on any atom is -0.297 e. The van der Waals surface area contributed by atoms with Crippen LogP contribution in [0.3, 0.4) is 0 Å². The Kier molecular flexibility index (Phi) is 3.78. The van der Waals surface area contributed by atoms with Crippen LogP contribution >= 0.6 is 0 Å². The summed E-state index contributed by atoms with van der Waals surface area (Å²) in [6.45, 7) is 0. The van der Waals surface area contributed by atoms with Gasteiger partial charge < -0.3 is 0 Å². The van der Waals surface area contributed by atoms with E-state index in [0.717, 1.165) is 65.4 Å². The lowest BCUT2D eigenvalue weighted by Gasteiger charge is -2.12. The Morgan fingerprint density at radius 3 is 1.87 bits per heavy atom. The first-order valence-corrected chi connectivity index (χ1v) is 12.7.